The number of hydrogen-bond donors (Lipinski definition) is 1. The lowest BCUT2D eigenvalue weighted by Crippen LogP contribution is -2.26. The van der Waals surface area contributed by atoms with Crippen LogP contribution in [0.2, 0.25) is 0 Å². The van der Waals surface area contributed by atoms with Gasteiger partial charge in [-0.05, 0) is 43.5 Å². The van der Waals surface area contributed by atoms with Crippen LogP contribution in [0.4, 0.5) is 0 Å². The number of methoxy groups -OCH3 is 1. The molecule has 1 atom stereocenters. The Morgan fingerprint density at radius 1 is 1.38 bits per heavy atom. The molecule has 0 amide bonds. The van der Waals surface area contributed by atoms with Crippen molar-refractivity contribution in [3.05, 3.63) is 29.8 Å². The van der Waals surface area contributed by atoms with Crippen LogP contribution in [0, 0.1) is 0 Å². The van der Waals surface area contributed by atoms with E-state index in [1.807, 2.05) is 6.07 Å². The van der Waals surface area contributed by atoms with Gasteiger partial charge in [0.05, 0.1) is 7.11 Å². The van der Waals surface area contributed by atoms with E-state index >= 15 is 0 Å². The quantitative estimate of drug-likeness (QED) is 0.794. The number of thioether (sulfide) groups is 1. The Kier molecular flexibility index (Phi) is 7.41. The van der Waals surface area contributed by atoms with Gasteiger partial charge in [0.1, 0.15) is 5.75 Å². The molecule has 118 valence electrons. The molecule has 0 saturated carbocycles. The summed E-state index contributed by atoms with van der Waals surface area (Å²) >= 11 is 2.08. The number of nitrogens with one attached hydrogen (secondary N) is 1. The van der Waals surface area contributed by atoms with E-state index < -0.39 is 0 Å². The van der Waals surface area contributed by atoms with Crippen molar-refractivity contribution < 1.29 is 9.47 Å². The Morgan fingerprint density at radius 3 is 2.90 bits per heavy atom. The maximum atomic E-state index is 5.44. The number of benzene rings is 1. The fourth-order valence-electron chi connectivity index (χ4n) is 2.52. The SMILES string of the molecule is CCCNC(CSC1CCOCC1)c1cccc(OC)c1. The fourth-order valence-corrected chi connectivity index (χ4v) is 3.83. The van der Waals surface area contributed by atoms with Crippen molar-refractivity contribution in [2.24, 2.45) is 0 Å². The van der Waals surface area contributed by atoms with Crippen LogP contribution in [0.5, 0.6) is 5.75 Å². The van der Waals surface area contributed by atoms with E-state index in [-0.39, 0.29) is 0 Å². The van der Waals surface area contributed by atoms with Gasteiger partial charge in [-0.15, -0.1) is 0 Å². The highest BCUT2D eigenvalue weighted by molar-refractivity contribution is 7.99. The molecule has 1 fully saturated rings. The predicted molar refractivity (Wildman–Crippen MR) is 90.3 cm³/mol. The zero-order valence-corrected chi connectivity index (χ0v) is 14.0. The minimum atomic E-state index is 0.396. The molecule has 1 heterocycles. The Balaban J connectivity index is 1.95. The van der Waals surface area contributed by atoms with E-state index in [1.165, 1.54) is 18.4 Å². The second kappa shape index (κ2) is 9.34. The molecular formula is C17H27NO2S. The first kappa shape index (κ1) is 16.7. The Labute approximate surface area is 132 Å². The van der Waals surface area contributed by atoms with Crippen LogP contribution in [-0.4, -0.2) is 37.9 Å². The third-order valence-corrected chi connectivity index (χ3v) is 5.27. The van der Waals surface area contributed by atoms with Crippen molar-refractivity contribution >= 4 is 11.8 Å². The number of rotatable bonds is 8. The summed E-state index contributed by atoms with van der Waals surface area (Å²) in [7, 11) is 1.73. The lowest BCUT2D eigenvalue weighted by molar-refractivity contribution is 0.1000. The molecule has 3 nitrogen and oxygen atoms in total. The number of hydrogen-bond acceptors (Lipinski definition) is 4. The average molecular weight is 309 g/mol. The average Bonchev–Trinajstić information content (AvgIpc) is 2.56. The van der Waals surface area contributed by atoms with Crippen LogP contribution >= 0.6 is 11.8 Å². The summed E-state index contributed by atoms with van der Waals surface area (Å²) in [6.07, 6.45) is 3.52. The van der Waals surface area contributed by atoms with Crippen molar-refractivity contribution in [3.8, 4) is 5.75 Å². The summed E-state index contributed by atoms with van der Waals surface area (Å²) in [5.74, 6) is 2.05. The first-order valence-corrected chi connectivity index (χ1v) is 8.95. The number of ether oxygens (including phenoxy) is 2. The largest absolute Gasteiger partial charge is 0.497 e. The summed E-state index contributed by atoms with van der Waals surface area (Å²) in [6, 6.07) is 8.82. The lowest BCUT2D eigenvalue weighted by atomic mass is 10.1. The van der Waals surface area contributed by atoms with Crippen LogP contribution in [0.15, 0.2) is 24.3 Å². The van der Waals surface area contributed by atoms with Crippen LogP contribution < -0.4 is 10.1 Å². The molecule has 1 saturated heterocycles. The van der Waals surface area contributed by atoms with Crippen molar-refractivity contribution in [3.63, 3.8) is 0 Å². The van der Waals surface area contributed by atoms with Gasteiger partial charge in [-0.1, -0.05) is 19.1 Å². The molecule has 21 heavy (non-hydrogen) atoms. The molecule has 0 aromatic heterocycles. The van der Waals surface area contributed by atoms with Gasteiger partial charge in [0.15, 0.2) is 0 Å². The van der Waals surface area contributed by atoms with E-state index in [0.29, 0.717) is 6.04 Å². The molecule has 4 heteroatoms. The second-order valence-electron chi connectivity index (χ2n) is 5.43. The lowest BCUT2D eigenvalue weighted by Gasteiger charge is -2.25. The zero-order chi connectivity index (χ0) is 14.9. The molecule has 0 spiro atoms. The second-order valence-corrected chi connectivity index (χ2v) is 6.76. The minimum absolute atomic E-state index is 0.396. The minimum Gasteiger partial charge on any atom is -0.497 e. The summed E-state index contributed by atoms with van der Waals surface area (Å²) in [5.41, 5.74) is 1.32. The Hall–Kier alpha value is -0.710. The van der Waals surface area contributed by atoms with Gasteiger partial charge in [-0.3, -0.25) is 0 Å². The molecular weight excluding hydrogens is 282 g/mol. The van der Waals surface area contributed by atoms with Gasteiger partial charge in [0.2, 0.25) is 0 Å². The van der Waals surface area contributed by atoms with Crippen LogP contribution in [0.1, 0.15) is 37.8 Å². The first-order valence-electron chi connectivity index (χ1n) is 7.90. The van der Waals surface area contributed by atoms with E-state index in [9.17, 15) is 0 Å². The molecule has 1 unspecified atom stereocenters. The fraction of sp³-hybridized carbons (Fsp3) is 0.647. The maximum absolute atomic E-state index is 5.44. The monoisotopic (exact) mass is 309 g/mol. The smallest absolute Gasteiger partial charge is 0.119 e. The summed E-state index contributed by atoms with van der Waals surface area (Å²) < 4.78 is 10.8. The highest BCUT2D eigenvalue weighted by Gasteiger charge is 2.18. The molecule has 1 aliphatic heterocycles. The van der Waals surface area contributed by atoms with Crippen LogP contribution in [-0.2, 0) is 4.74 Å². The third kappa shape index (κ3) is 5.53. The molecule has 1 aliphatic rings. The van der Waals surface area contributed by atoms with Gasteiger partial charge in [-0.25, -0.2) is 0 Å². The summed E-state index contributed by atoms with van der Waals surface area (Å²) in [4.78, 5) is 0. The molecule has 0 radical (unpaired) electrons. The van der Waals surface area contributed by atoms with Gasteiger partial charge in [-0.2, -0.15) is 11.8 Å². The van der Waals surface area contributed by atoms with Crippen LogP contribution in [0.3, 0.4) is 0 Å². The third-order valence-electron chi connectivity index (χ3n) is 3.80. The Bertz CT molecular complexity index is 408. The van der Waals surface area contributed by atoms with Crippen molar-refractivity contribution in [2.45, 2.75) is 37.5 Å². The standard InChI is InChI=1S/C17H27NO2S/c1-3-9-18-17(13-21-16-7-10-20-11-8-16)14-5-4-6-15(12-14)19-2/h4-6,12,16-18H,3,7-11,13H2,1-2H3. The molecule has 0 bridgehead atoms. The molecule has 0 aliphatic carbocycles. The van der Waals surface area contributed by atoms with Crippen LogP contribution in [0.25, 0.3) is 0 Å². The maximum Gasteiger partial charge on any atom is 0.119 e. The highest BCUT2D eigenvalue weighted by atomic mass is 32.2. The molecule has 1 N–H and O–H groups in total. The first-order chi connectivity index (χ1) is 10.3. The van der Waals surface area contributed by atoms with Gasteiger partial charge < -0.3 is 14.8 Å². The van der Waals surface area contributed by atoms with Crippen molar-refractivity contribution in [2.75, 3.05) is 32.6 Å². The van der Waals surface area contributed by atoms with E-state index in [0.717, 1.165) is 42.9 Å². The molecule has 2 rings (SSSR count). The molecule has 1 aromatic carbocycles. The van der Waals surface area contributed by atoms with Gasteiger partial charge in [0.25, 0.3) is 0 Å². The van der Waals surface area contributed by atoms with Crippen molar-refractivity contribution in [1.29, 1.82) is 0 Å². The topological polar surface area (TPSA) is 30.5 Å². The normalized spacial score (nSPS) is 17.6. The van der Waals surface area contributed by atoms with Gasteiger partial charge in [0, 0.05) is 30.3 Å². The van der Waals surface area contributed by atoms with Gasteiger partial charge >= 0.3 is 0 Å². The summed E-state index contributed by atoms with van der Waals surface area (Å²) in [5, 5.41) is 4.41. The summed E-state index contributed by atoms with van der Waals surface area (Å²) in [6.45, 7) is 5.10. The predicted octanol–water partition coefficient (Wildman–Crippen LogP) is 3.65. The van der Waals surface area contributed by atoms with Crippen molar-refractivity contribution in [1.82, 2.24) is 5.32 Å². The Morgan fingerprint density at radius 2 is 2.19 bits per heavy atom. The van der Waals surface area contributed by atoms with E-state index in [2.05, 4.69) is 42.2 Å². The molecule has 1 aromatic rings. The highest BCUT2D eigenvalue weighted by Crippen LogP contribution is 2.28. The van der Waals surface area contributed by atoms with E-state index in [4.69, 9.17) is 9.47 Å². The zero-order valence-electron chi connectivity index (χ0n) is 13.1. The van der Waals surface area contributed by atoms with E-state index in [1.54, 1.807) is 7.11 Å².